The first kappa shape index (κ1) is 12.3. The van der Waals surface area contributed by atoms with E-state index in [2.05, 4.69) is 15.3 Å². The molecule has 1 aromatic rings. The van der Waals surface area contributed by atoms with Gasteiger partial charge in [-0.2, -0.15) is 0 Å². The monoisotopic (exact) mass is 255 g/mol. The summed E-state index contributed by atoms with van der Waals surface area (Å²) < 4.78 is 22.6. The Labute approximate surface area is 102 Å². The molecule has 5 nitrogen and oxygen atoms in total. The molecule has 0 aromatic carbocycles. The molecule has 0 atom stereocenters. The average molecular weight is 255 g/mol. The smallest absolute Gasteiger partial charge is 0.148 e. The van der Waals surface area contributed by atoms with Crippen molar-refractivity contribution in [2.24, 2.45) is 5.41 Å². The summed E-state index contributed by atoms with van der Waals surface area (Å²) in [7, 11) is -2.90. The van der Waals surface area contributed by atoms with Gasteiger partial charge < -0.3 is 5.32 Å². The van der Waals surface area contributed by atoms with Crippen molar-refractivity contribution in [1.82, 2.24) is 9.97 Å². The Morgan fingerprint density at radius 2 is 2.12 bits per heavy atom. The van der Waals surface area contributed by atoms with E-state index in [1.54, 1.807) is 0 Å². The van der Waals surface area contributed by atoms with Crippen molar-refractivity contribution in [3.05, 3.63) is 18.1 Å². The van der Waals surface area contributed by atoms with Crippen LogP contribution in [0, 0.1) is 12.3 Å². The van der Waals surface area contributed by atoms with Crippen LogP contribution in [0.15, 0.2) is 12.4 Å². The largest absolute Gasteiger partial charge is 0.369 e. The minimum atomic E-state index is -2.90. The highest BCUT2D eigenvalue weighted by Gasteiger charge is 2.44. The summed E-state index contributed by atoms with van der Waals surface area (Å²) in [6, 6.07) is 1.86. The molecule has 17 heavy (non-hydrogen) atoms. The summed E-state index contributed by atoms with van der Waals surface area (Å²) in [4.78, 5) is 8.11. The van der Waals surface area contributed by atoms with E-state index in [9.17, 15) is 8.42 Å². The predicted molar refractivity (Wildman–Crippen MR) is 66.6 cm³/mol. The number of rotatable bonds is 5. The van der Waals surface area contributed by atoms with Crippen molar-refractivity contribution in [2.45, 2.75) is 19.8 Å². The van der Waals surface area contributed by atoms with E-state index in [-0.39, 0.29) is 11.2 Å². The van der Waals surface area contributed by atoms with Crippen LogP contribution in [0.2, 0.25) is 0 Å². The highest BCUT2D eigenvalue weighted by Crippen LogP contribution is 2.46. The Morgan fingerprint density at radius 3 is 2.65 bits per heavy atom. The van der Waals surface area contributed by atoms with Crippen LogP contribution in [0.1, 0.15) is 18.5 Å². The van der Waals surface area contributed by atoms with Gasteiger partial charge in [-0.1, -0.05) is 0 Å². The lowest BCUT2D eigenvalue weighted by molar-refractivity contribution is 0.560. The molecule has 1 aromatic heterocycles. The zero-order valence-electron chi connectivity index (χ0n) is 10.1. The first-order valence-electron chi connectivity index (χ1n) is 5.59. The van der Waals surface area contributed by atoms with Crippen LogP contribution in [0.3, 0.4) is 0 Å². The van der Waals surface area contributed by atoms with Gasteiger partial charge in [-0.05, 0) is 19.8 Å². The normalized spacial score (nSPS) is 17.8. The maximum absolute atomic E-state index is 11.3. The van der Waals surface area contributed by atoms with Crippen LogP contribution < -0.4 is 5.32 Å². The third-order valence-corrected chi connectivity index (χ3v) is 4.11. The van der Waals surface area contributed by atoms with Gasteiger partial charge in [-0.25, -0.2) is 18.4 Å². The van der Waals surface area contributed by atoms with Crippen molar-refractivity contribution in [3.63, 3.8) is 0 Å². The van der Waals surface area contributed by atoms with E-state index in [1.165, 1.54) is 12.6 Å². The second-order valence-corrected chi connectivity index (χ2v) is 7.11. The number of hydrogen-bond donors (Lipinski definition) is 1. The molecule has 94 valence electrons. The molecular formula is C11H17N3O2S. The zero-order valence-corrected chi connectivity index (χ0v) is 10.9. The zero-order chi connectivity index (χ0) is 12.5. The fraction of sp³-hybridized carbons (Fsp3) is 0.636. The van der Waals surface area contributed by atoms with Crippen LogP contribution in [0.5, 0.6) is 0 Å². The Kier molecular flexibility index (Phi) is 3.07. The first-order chi connectivity index (χ1) is 7.89. The Balaban J connectivity index is 1.95. The summed E-state index contributed by atoms with van der Waals surface area (Å²) in [6.07, 6.45) is 4.74. The maximum atomic E-state index is 11.3. The average Bonchev–Trinajstić information content (AvgIpc) is 2.93. The molecule has 0 radical (unpaired) electrons. The second kappa shape index (κ2) is 4.25. The number of sulfone groups is 1. The van der Waals surface area contributed by atoms with Gasteiger partial charge in [0.25, 0.3) is 0 Å². The first-order valence-corrected chi connectivity index (χ1v) is 7.65. The van der Waals surface area contributed by atoms with E-state index in [4.69, 9.17) is 0 Å². The van der Waals surface area contributed by atoms with Gasteiger partial charge in [-0.3, -0.25) is 0 Å². The maximum Gasteiger partial charge on any atom is 0.148 e. The van der Waals surface area contributed by atoms with Crippen molar-refractivity contribution in [3.8, 4) is 0 Å². The highest BCUT2D eigenvalue weighted by molar-refractivity contribution is 7.90. The van der Waals surface area contributed by atoms with Gasteiger partial charge in [-0.15, -0.1) is 0 Å². The van der Waals surface area contributed by atoms with Crippen molar-refractivity contribution in [2.75, 3.05) is 23.9 Å². The van der Waals surface area contributed by atoms with E-state index in [0.29, 0.717) is 6.54 Å². The predicted octanol–water partition coefficient (Wildman–Crippen LogP) is 1.02. The highest BCUT2D eigenvalue weighted by atomic mass is 32.2. The molecule has 1 heterocycles. The third kappa shape index (κ3) is 3.66. The number of anilines is 1. The van der Waals surface area contributed by atoms with Crippen LogP contribution in [-0.2, 0) is 9.84 Å². The van der Waals surface area contributed by atoms with Gasteiger partial charge >= 0.3 is 0 Å². The lowest BCUT2D eigenvalue weighted by Gasteiger charge is -2.15. The lowest BCUT2D eigenvalue weighted by atomic mass is 10.1. The number of aromatic nitrogens is 2. The molecule has 0 saturated heterocycles. The molecule has 0 spiro atoms. The second-order valence-electron chi connectivity index (χ2n) is 4.97. The van der Waals surface area contributed by atoms with E-state index >= 15 is 0 Å². The molecule has 0 aliphatic heterocycles. The molecule has 6 heteroatoms. The third-order valence-electron chi connectivity index (χ3n) is 2.97. The van der Waals surface area contributed by atoms with Gasteiger partial charge in [0.2, 0.25) is 0 Å². The number of nitrogens with zero attached hydrogens (tertiary/aromatic N) is 2. The summed E-state index contributed by atoms with van der Waals surface area (Å²) in [5.41, 5.74) is 0.822. The summed E-state index contributed by atoms with van der Waals surface area (Å²) in [5, 5.41) is 3.20. The molecule has 0 amide bonds. The minimum absolute atomic E-state index is 0.0769. The molecule has 0 bridgehead atoms. The van der Waals surface area contributed by atoms with Gasteiger partial charge in [0.15, 0.2) is 0 Å². The van der Waals surface area contributed by atoms with Crippen molar-refractivity contribution < 1.29 is 8.42 Å². The van der Waals surface area contributed by atoms with Crippen molar-refractivity contribution >= 4 is 15.7 Å². The Hall–Kier alpha value is -1.17. The summed E-state index contributed by atoms with van der Waals surface area (Å²) in [6.45, 7) is 2.56. The van der Waals surface area contributed by atoms with Gasteiger partial charge in [0.05, 0.1) is 5.75 Å². The van der Waals surface area contributed by atoms with Gasteiger partial charge in [0, 0.05) is 30.0 Å². The minimum Gasteiger partial charge on any atom is -0.369 e. The fourth-order valence-corrected chi connectivity index (χ4v) is 3.44. The topological polar surface area (TPSA) is 72.0 Å². The van der Waals surface area contributed by atoms with E-state index in [1.807, 2.05) is 13.0 Å². The molecule has 1 aliphatic rings. The van der Waals surface area contributed by atoms with Crippen LogP contribution in [-0.4, -0.2) is 36.9 Å². The summed E-state index contributed by atoms with van der Waals surface area (Å²) >= 11 is 0. The molecule has 1 saturated carbocycles. The molecule has 1 fully saturated rings. The molecule has 0 unspecified atom stereocenters. The Morgan fingerprint density at radius 1 is 1.41 bits per heavy atom. The van der Waals surface area contributed by atoms with Crippen molar-refractivity contribution in [1.29, 1.82) is 0 Å². The fourth-order valence-electron chi connectivity index (χ4n) is 1.93. The molecule has 1 N–H and O–H groups in total. The molecule has 1 aliphatic carbocycles. The van der Waals surface area contributed by atoms with Crippen LogP contribution in [0.25, 0.3) is 0 Å². The molecular weight excluding hydrogens is 238 g/mol. The van der Waals surface area contributed by atoms with Gasteiger partial charge in [0.1, 0.15) is 22.0 Å². The number of nitrogens with one attached hydrogen (secondary N) is 1. The SMILES string of the molecule is Cc1cc(NCC2(CS(C)(=O)=O)CC2)ncn1. The quantitative estimate of drug-likeness (QED) is 0.850. The number of aryl methyl sites for hydroxylation is 1. The Bertz CT molecular complexity index is 509. The van der Waals surface area contributed by atoms with E-state index < -0.39 is 9.84 Å². The molecule has 2 rings (SSSR count). The van der Waals surface area contributed by atoms with E-state index in [0.717, 1.165) is 24.4 Å². The summed E-state index contributed by atoms with van der Waals surface area (Å²) in [5.74, 6) is 1.02. The standard InChI is InChI=1S/C11H17N3O2S/c1-9-5-10(14-8-13-9)12-6-11(3-4-11)7-17(2,15)16/h5,8H,3-4,6-7H2,1-2H3,(H,12,13,14). The van der Waals surface area contributed by atoms with Crippen LogP contribution >= 0.6 is 0 Å². The lowest BCUT2D eigenvalue weighted by Crippen LogP contribution is -2.24. The number of hydrogen-bond acceptors (Lipinski definition) is 5. The van der Waals surface area contributed by atoms with Crippen LogP contribution in [0.4, 0.5) is 5.82 Å².